The Hall–Kier alpha value is -3.61. The van der Waals surface area contributed by atoms with Gasteiger partial charge in [-0.05, 0) is 24.2 Å². The second-order valence-electron chi connectivity index (χ2n) is 6.51. The van der Waals surface area contributed by atoms with Crippen molar-refractivity contribution in [2.24, 2.45) is 16.6 Å². The molecule has 11 nitrogen and oxygen atoms in total. The van der Waals surface area contributed by atoms with Crippen LogP contribution >= 0.6 is 0 Å². The molecular formula is C18H23FN6O5S. The Morgan fingerprint density at radius 3 is 2.61 bits per heavy atom. The van der Waals surface area contributed by atoms with Crippen LogP contribution in [-0.4, -0.2) is 38.0 Å². The van der Waals surface area contributed by atoms with Gasteiger partial charge in [0.15, 0.2) is 14.7 Å². The number of oxime groups is 1. The predicted molar refractivity (Wildman–Crippen MR) is 112 cm³/mol. The maximum atomic E-state index is 13.9. The molecule has 1 aromatic heterocycles. The molecule has 168 valence electrons. The van der Waals surface area contributed by atoms with Crippen LogP contribution in [0.15, 0.2) is 45.2 Å². The second-order valence-corrected chi connectivity index (χ2v) is 8.44. The normalized spacial score (nSPS) is 11.0. The number of aromatic nitrogens is 1. The minimum absolute atomic E-state index is 0.0263. The number of pyridine rings is 1. The molecule has 1 heterocycles. The van der Waals surface area contributed by atoms with Gasteiger partial charge in [0.25, 0.3) is 5.56 Å². The third kappa shape index (κ3) is 6.18. The first kappa shape index (κ1) is 23.7. The molecule has 0 fully saturated rings. The average Bonchev–Trinajstić information content (AvgIpc) is 2.66. The molecule has 0 bridgehead atoms. The third-order valence-electron chi connectivity index (χ3n) is 4.09. The van der Waals surface area contributed by atoms with Gasteiger partial charge >= 0.3 is 0 Å². The van der Waals surface area contributed by atoms with E-state index in [1.165, 1.54) is 31.2 Å². The van der Waals surface area contributed by atoms with Crippen LogP contribution in [-0.2, 0) is 31.8 Å². The summed E-state index contributed by atoms with van der Waals surface area (Å²) in [5.74, 6) is -2.34. The van der Waals surface area contributed by atoms with Gasteiger partial charge in [-0.1, -0.05) is 18.2 Å². The molecule has 0 aliphatic rings. The lowest BCUT2D eigenvalue weighted by Crippen LogP contribution is -2.37. The van der Waals surface area contributed by atoms with Crippen molar-refractivity contribution in [1.82, 2.24) is 9.88 Å². The van der Waals surface area contributed by atoms with Crippen LogP contribution in [0, 0.1) is 12.7 Å². The summed E-state index contributed by atoms with van der Waals surface area (Å²) < 4.78 is 40.5. The first-order chi connectivity index (χ1) is 14.5. The molecule has 0 aliphatic heterocycles. The molecular weight excluding hydrogens is 431 g/mol. The van der Waals surface area contributed by atoms with E-state index < -0.39 is 44.3 Å². The van der Waals surface area contributed by atoms with E-state index in [1.807, 2.05) is 0 Å². The summed E-state index contributed by atoms with van der Waals surface area (Å²) in [4.78, 5) is 29.1. The number of carbonyl (C=O) groups is 1. The number of rotatable bonds is 9. The number of carbonyl (C=O) groups excluding carboxylic acids is 1. The SMILES string of the molecule is Cc1cc(N)c(S(=O)(=O)Cc2ccccc2F)c(=O)n1CC(=O)NCCON=C(N)N. The van der Waals surface area contributed by atoms with Crippen LogP contribution in [0.5, 0.6) is 0 Å². The molecule has 0 aliphatic carbocycles. The largest absolute Gasteiger partial charge is 0.397 e. The molecule has 2 rings (SSSR count). The van der Waals surface area contributed by atoms with Crippen molar-refractivity contribution in [1.29, 1.82) is 0 Å². The van der Waals surface area contributed by atoms with Crippen LogP contribution in [0.3, 0.4) is 0 Å². The zero-order valence-electron chi connectivity index (χ0n) is 16.7. The Morgan fingerprint density at radius 2 is 1.97 bits per heavy atom. The number of hydrogen-bond acceptors (Lipinski definition) is 7. The molecule has 0 atom stereocenters. The van der Waals surface area contributed by atoms with Crippen LogP contribution in [0.25, 0.3) is 0 Å². The standard InChI is InChI=1S/C18H23FN6O5S/c1-11-8-14(20)16(31(28,29)10-12-4-2-3-5-13(12)19)17(27)25(11)9-15(26)23-6-7-30-24-18(21)22/h2-5,8H,6-7,9-10,20H2,1H3,(H,23,26)(H4,21,22,24). The summed E-state index contributed by atoms with van der Waals surface area (Å²) in [5, 5.41) is 5.76. The third-order valence-corrected chi connectivity index (χ3v) is 5.82. The molecule has 0 spiro atoms. The summed E-state index contributed by atoms with van der Waals surface area (Å²) >= 11 is 0. The van der Waals surface area contributed by atoms with Crippen molar-refractivity contribution in [3.05, 3.63) is 57.8 Å². The Kier molecular flexibility index (Phi) is 7.58. The maximum absolute atomic E-state index is 13.9. The van der Waals surface area contributed by atoms with Crippen LogP contribution in [0.2, 0.25) is 0 Å². The Balaban J connectivity index is 2.25. The fourth-order valence-electron chi connectivity index (χ4n) is 2.73. The highest BCUT2D eigenvalue weighted by atomic mass is 32.2. The summed E-state index contributed by atoms with van der Waals surface area (Å²) in [5.41, 5.74) is 14.9. The number of sulfone groups is 1. The predicted octanol–water partition coefficient (Wildman–Crippen LogP) is -0.827. The average molecular weight is 454 g/mol. The van der Waals surface area contributed by atoms with Gasteiger partial charge in [0.05, 0.1) is 18.0 Å². The van der Waals surface area contributed by atoms with Gasteiger partial charge in [0.2, 0.25) is 11.9 Å². The fourth-order valence-corrected chi connectivity index (χ4v) is 4.31. The Morgan fingerprint density at radius 1 is 1.29 bits per heavy atom. The number of anilines is 1. The summed E-state index contributed by atoms with van der Waals surface area (Å²) in [6.45, 7) is 1.05. The molecule has 1 aromatic carbocycles. The number of nitrogens with two attached hydrogens (primary N) is 3. The molecule has 0 radical (unpaired) electrons. The highest BCUT2D eigenvalue weighted by molar-refractivity contribution is 7.90. The molecule has 0 saturated carbocycles. The first-order valence-corrected chi connectivity index (χ1v) is 10.6. The molecule has 0 saturated heterocycles. The number of benzene rings is 1. The van der Waals surface area contributed by atoms with E-state index in [-0.39, 0.29) is 36.1 Å². The smallest absolute Gasteiger partial charge is 0.272 e. The van der Waals surface area contributed by atoms with Crippen molar-refractivity contribution in [3.63, 3.8) is 0 Å². The first-order valence-electron chi connectivity index (χ1n) is 8.96. The van der Waals surface area contributed by atoms with E-state index in [9.17, 15) is 22.4 Å². The molecule has 1 amide bonds. The number of nitrogens with one attached hydrogen (secondary N) is 1. The minimum Gasteiger partial charge on any atom is -0.397 e. The quantitative estimate of drug-likeness (QED) is 0.164. The summed E-state index contributed by atoms with van der Waals surface area (Å²) in [7, 11) is -4.29. The number of amides is 1. The highest BCUT2D eigenvalue weighted by Gasteiger charge is 2.26. The highest BCUT2D eigenvalue weighted by Crippen LogP contribution is 2.21. The van der Waals surface area contributed by atoms with E-state index in [2.05, 4.69) is 10.5 Å². The molecule has 2 aromatic rings. The number of nitrogens with zero attached hydrogens (tertiary/aromatic N) is 2. The van der Waals surface area contributed by atoms with Crippen LogP contribution in [0.4, 0.5) is 10.1 Å². The van der Waals surface area contributed by atoms with Gasteiger partial charge in [0, 0.05) is 11.3 Å². The summed E-state index contributed by atoms with van der Waals surface area (Å²) in [6, 6.07) is 6.58. The zero-order chi connectivity index (χ0) is 23.2. The van der Waals surface area contributed by atoms with Gasteiger partial charge in [-0.2, -0.15) is 0 Å². The van der Waals surface area contributed by atoms with Crippen molar-refractivity contribution in [2.75, 3.05) is 18.9 Å². The van der Waals surface area contributed by atoms with Crippen LogP contribution in [0.1, 0.15) is 11.3 Å². The fraction of sp³-hybridized carbons (Fsp3) is 0.278. The number of nitrogen functional groups attached to an aromatic ring is 1. The summed E-state index contributed by atoms with van der Waals surface area (Å²) in [6.07, 6.45) is 0. The van der Waals surface area contributed by atoms with Gasteiger partial charge in [0.1, 0.15) is 19.0 Å². The van der Waals surface area contributed by atoms with Gasteiger partial charge in [-0.25, -0.2) is 12.8 Å². The number of aryl methyl sites for hydroxylation is 1. The van der Waals surface area contributed by atoms with Gasteiger partial charge in [-0.3, -0.25) is 9.59 Å². The van der Waals surface area contributed by atoms with Gasteiger partial charge in [-0.15, -0.1) is 0 Å². The van der Waals surface area contributed by atoms with E-state index in [0.29, 0.717) is 0 Å². The molecule has 7 N–H and O–H groups in total. The number of hydrogen-bond donors (Lipinski definition) is 4. The minimum atomic E-state index is -4.29. The molecule has 13 heteroatoms. The topological polar surface area (TPSA) is 185 Å². The van der Waals surface area contributed by atoms with Crippen molar-refractivity contribution < 1.29 is 22.4 Å². The molecule has 31 heavy (non-hydrogen) atoms. The van der Waals surface area contributed by atoms with Crippen molar-refractivity contribution in [3.8, 4) is 0 Å². The molecule has 0 unspecified atom stereocenters. The van der Waals surface area contributed by atoms with Crippen LogP contribution < -0.4 is 28.1 Å². The van der Waals surface area contributed by atoms with E-state index in [4.69, 9.17) is 22.0 Å². The Bertz CT molecular complexity index is 1160. The van der Waals surface area contributed by atoms with Crippen molar-refractivity contribution >= 4 is 27.4 Å². The van der Waals surface area contributed by atoms with E-state index in [1.54, 1.807) is 0 Å². The zero-order valence-corrected chi connectivity index (χ0v) is 17.5. The maximum Gasteiger partial charge on any atom is 0.272 e. The van der Waals surface area contributed by atoms with E-state index in [0.717, 1.165) is 10.6 Å². The van der Waals surface area contributed by atoms with Crippen molar-refractivity contribution in [2.45, 2.75) is 24.1 Å². The van der Waals surface area contributed by atoms with Gasteiger partial charge < -0.3 is 31.9 Å². The number of halogens is 1. The van der Waals surface area contributed by atoms with E-state index >= 15 is 0 Å². The number of guanidine groups is 1. The monoisotopic (exact) mass is 454 g/mol. The lowest BCUT2D eigenvalue weighted by Gasteiger charge is -2.15. The Labute approximate surface area is 177 Å². The second kappa shape index (κ2) is 9.93. The lowest BCUT2D eigenvalue weighted by atomic mass is 10.2. The lowest BCUT2D eigenvalue weighted by molar-refractivity contribution is -0.122.